The van der Waals surface area contributed by atoms with Crippen molar-refractivity contribution >= 4 is 11.9 Å². The molecule has 0 aromatic heterocycles. The fourth-order valence-electron chi connectivity index (χ4n) is 3.01. The first-order chi connectivity index (χ1) is 14.3. The highest BCUT2D eigenvalue weighted by molar-refractivity contribution is 5.81. The van der Waals surface area contributed by atoms with E-state index in [1.807, 2.05) is 27.7 Å². The number of nitrogens with one attached hydrogen (secondary N) is 3. The third-order valence-electron chi connectivity index (χ3n) is 4.81. The summed E-state index contributed by atoms with van der Waals surface area (Å²) in [6.07, 6.45) is 2.34. The number of hydrogen-bond donors (Lipinski definition) is 3. The Morgan fingerprint density at radius 1 is 1.23 bits per heavy atom. The van der Waals surface area contributed by atoms with E-state index in [0.29, 0.717) is 32.2 Å². The summed E-state index contributed by atoms with van der Waals surface area (Å²) in [6.45, 7) is 13.6. The van der Waals surface area contributed by atoms with Gasteiger partial charge in [0.2, 0.25) is 5.91 Å². The average Bonchev–Trinajstić information content (AvgIpc) is 3.21. The highest BCUT2D eigenvalue weighted by Crippen LogP contribution is 2.23. The predicted molar refractivity (Wildman–Crippen MR) is 121 cm³/mol. The molecule has 0 spiro atoms. The number of carbonyl (C=O) groups is 1. The third-order valence-corrected chi connectivity index (χ3v) is 4.81. The molecule has 1 amide bonds. The van der Waals surface area contributed by atoms with E-state index in [9.17, 15) is 4.79 Å². The zero-order valence-corrected chi connectivity index (χ0v) is 19.1. The molecular formula is C23H38N4O3. The van der Waals surface area contributed by atoms with Gasteiger partial charge in [0.1, 0.15) is 12.4 Å². The molecule has 1 aromatic rings. The fraction of sp³-hybridized carbons (Fsp3) is 0.652. The van der Waals surface area contributed by atoms with Gasteiger partial charge in [-0.2, -0.15) is 0 Å². The summed E-state index contributed by atoms with van der Waals surface area (Å²) in [6, 6.07) is 6.20. The van der Waals surface area contributed by atoms with Gasteiger partial charge in [0.15, 0.2) is 5.96 Å². The minimum absolute atomic E-state index is 0.0407. The van der Waals surface area contributed by atoms with Crippen molar-refractivity contribution in [3.8, 4) is 5.75 Å². The van der Waals surface area contributed by atoms with E-state index in [2.05, 4.69) is 46.1 Å². The molecule has 0 saturated carbocycles. The van der Waals surface area contributed by atoms with E-state index in [1.165, 1.54) is 0 Å². The van der Waals surface area contributed by atoms with Crippen molar-refractivity contribution in [2.24, 2.45) is 10.4 Å². The fourth-order valence-corrected chi connectivity index (χ4v) is 3.01. The molecule has 0 aliphatic carbocycles. The molecule has 1 aromatic carbocycles. The maximum absolute atomic E-state index is 12.0. The molecular weight excluding hydrogens is 380 g/mol. The summed E-state index contributed by atoms with van der Waals surface area (Å²) in [7, 11) is 0. The van der Waals surface area contributed by atoms with Crippen LogP contribution in [0.15, 0.2) is 23.2 Å². The molecule has 3 N–H and O–H groups in total. The lowest BCUT2D eigenvalue weighted by Crippen LogP contribution is -2.43. The second-order valence-electron chi connectivity index (χ2n) is 8.69. The molecule has 30 heavy (non-hydrogen) atoms. The largest absolute Gasteiger partial charge is 0.491 e. The number of guanidine groups is 1. The number of benzene rings is 1. The summed E-state index contributed by atoms with van der Waals surface area (Å²) in [4.78, 5) is 16.6. The number of nitrogens with zero attached hydrogens (tertiary/aromatic N) is 1. The molecule has 0 radical (unpaired) electrons. The van der Waals surface area contributed by atoms with Crippen LogP contribution in [0.25, 0.3) is 0 Å². The van der Waals surface area contributed by atoms with Gasteiger partial charge in [-0.15, -0.1) is 0 Å². The van der Waals surface area contributed by atoms with Crippen LogP contribution in [0.4, 0.5) is 0 Å². The molecule has 1 fully saturated rings. The summed E-state index contributed by atoms with van der Waals surface area (Å²) in [5.74, 6) is 1.62. The number of ether oxygens (including phenoxy) is 2. The number of hydrogen-bond acceptors (Lipinski definition) is 4. The zero-order chi connectivity index (χ0) is 22.0. The van der Waals surface area contributed by atoms with Gasteiger partial charge in [0.05, 0.1) is 12.6 Å². The average molecular weight is 419 g/mol. The first-order valence-electron chi connectivity index (χ1n) is 10.9. The Kier molecular flexibility index (Phi) is 9.43. The van der Waals surface area contributed by atoms with Crippen molar-refractivity contribution in [2.75, 3.05) is 32.8 Å². The topological polar surface area (TPSA) is 84.0 Å². The molecule has 168 valence electrons. The number of carbonyl (C=O) groups excluding carboxylic acids is 1. The lowest BCUT2D eigenvalue weighted by Gasteiger charge is -2.18. The van der Waals surface area contributed by atoms with Gasteiger partial charge < -0.3 is 25.4 Å². The van der Waals surface area contributed by atoms with Gasteiger partial charge in [-0.3, -0.25) is 4.79 Å². The van der Waals surface area contributed by atoms with Crippen LogP contribution in [0.1, 0.15) is 51.7 Å². The maximum Gasteiger partial charge on any atom is 0.225 e. The highest BCUT2D eigenvalue weighted by atomic mass is 16.5. The quantitative estimate of drug-likeness (QED) is 0.326. The Morgan fingerprint density at radius 3 is 2.67 bits per heavy atom. The molecule has 1 saturated heterocycles. The Labute approximate surface area is 181 Å². The van der Waals surface area contributed by atoms with Crippen LogP contribution in [-0.4, -0.2) is 50.8 Å². The molecule has 1 atom stereocenters. The van der Waals surface area contributed by atoms with Crippen LogP contribution in [0.5, 0.6) is 5.75 Å². The minimum Gasteiger partial charge on any atom is -0.491 e. The minimum atomic E-state index is -0.385. The van der Waals surface area contributed by atoms with Crippen molar-refractivity contribution in [1.82, 2.24) is 16.0 Å². The first kappa shape index (κ1) is 24.0. The molecule has 1 unspecified atom stereocenters. The van der Waals surface area contributed by atoms with Gasteiger partial charge >= 0.3 is 0 Å². The van der Waals surface area contributed by atoms with Crippen LogP contribution < -0.4 is 20.7 Å². The molecule has 1 aliphatic heterocycles. The highest BCUT2D eigenvalue weighted by Gasteiger charge is 2.20. The summed E-state index contributed by atoms with van der Waals surface area (Å²) < 4.78 is 11.7. The summed E-state index contributed by atoms with van der Waals surface area (Å²) in [5, 5.41) is 9.45. The molecule has 7 nitrogen and oxygen atoms in total. The van der Waals surface area contributed by atoms with Crippen LogP contribution >= 0.6 is 0 Å². The van der Waals surface area contributed by atoms with E-state index in [4.69, 9.17) is 9.47 Å². The van der Waals surface area contributed by atoms with Gasteiger partial charge in [-0.05, 0) is 38.3 Å². The van der Waals surface area contributed by atoms with Crippen molar-refractivity contribution < 1.29 is 14.3 Å². The van der Waals surface area contributed by atoms with Gasteiger partial charge in [0, 0.05) is 37.2 Å². The Balaban J connectivity index is 1.91. The molecule has 0 bridgehead atoms. The smallest absolute Gasteiger partial charge is 0.225 e. The van der Waals surface area contributed by atoms with Crippen LogP contribution in [0, 0.1) is 12.3 Å². The zero-order valence-electron chi connectivity index (χ0n) is 19.1. The predicted octanol–water partition coefficient (Wildman–Crippen LogP) is 2.77. The number of amides is 1. The first-order valence-corrected chi connectivity index (χ1v) is 10.9. The Morgan fingerprint density at radius 2 is 2.00 bits per heavy atom. The van der Waals surface area contributed by atoms with Crippen molar-refractivity contribution in [1.29, 1.82) is 0 Å². The van der Waals surface area contributed by atoms with Crippen LogP contribution in [0.2, 0.25) is 0 Å². The molecule has 1 aliphatic rings. The van der Waals surface area contributed by atoms with Gasteiger partial charge in [-0.25, -0.2) is 4.99 Å². The summed E-state index contributed by atoms with van der Waals surface area (Å²) >= 11 is 0. The van der Waals surface area contributed by atoms with E-state index in [1.54, 1.807) is 0 Å². The third kappa shape index (κ3) is 8.22. The van der Waals surface area contributed by atoms with E-state index < -0.39 is 0 Å². The van der Waals surface area contributed by atoms with Crippen LogP contribution in [0.3, 0.4) is 0 Å². The van der Waals surface area contributed by atoms with Crippen molar-refractivity contribution in [2.45, 2.75) is 60.1 Å². The van der Waals surface area contributed by atoms with Crippen LogP contribution in [-0.2, 0) is 16.1 Å². The maximum atomic E-state index is 12.0. The van der Waals surface area contributed by atoms with Crippen molar-refractivity contribution in [3.05, 3.63) is 29.3 Å². The Bertz CT molecular complexity index is 707. The van der Waals surface area contributed by atoms with E-state index in [-0.39, 0.29) is 17.4 Å². The number of aryl methyl sites for hydroxylation is 1. The number of aliphatic imine (C=N–C) groups is 1. The molecule has 2 rings (SSSR count). The van der Waals surface area contributed by atoms with Gasteiger partial charge in [-0.1, -0.05) is 32.9 Å². The Hall–Kier alpha value is -2.28. The van der Waals surface area contributed by atoms with Gasteiger partial charge in [0.25, 0.3) is 0 Å². The second kappa shape index (κ2) is 11.8. The van der Waals surface area contributed by atoms with E-state index >= 15 is 0 Å². The SMILES string of the molecule is CCNC(=NCc1ccc(C)cc1OCC1CCCO1)NCCNC(=O)C(C)(C)C. The van der Waals surface area contributed by atoms with Crippen molar-refractivity contribution in [3.63, 3.8) is 0 Å². The number of rotatable bonds is 9. The molecule has 1 heterocycles. The normalized spacial score (nSPS) is 17.0. The lowest BCUT2D eigenvalue weighted by molar-refractivity contribution is -0.128. The summed E-state index contributed by atoms with van der Waals surface area (Å²) in [5.41, 5.74) is 1.81. The second-order valence-corrected chi connectivity index (χ2v) is 8.69. The molecule has 7 heteroatoms. The lowest BCUT2D eigenvalue weighted by atomic mass is 9.96. The monoisotopic (exact) mass is 418 g/mol. The van der Waals surface area contributed by atoms with E-state index in [0.717, 1.165) is 42.9 Å². The standard InChI is InChI=1S/C23H38N4O3/c1-6-24-22(26-12-11-25-21(28)23(3,4)5)27-15-18-10-9-17(2)14-20(18)30-16-19-8-7-13-29-19/h9-10,14,19H,6-8,11-13,15-16H2,1-5H3,(H,25,28)(H2,24,26,27).